The minimum atomic E-state index is -4.20. The maximum Gasteiger partial charge on any atom is 0.391 e. The summed E-state index contributed by atoms with van der Waals surface area (Å²) in [5.41, 5.74) is 2.49. The number of amides is 1. The molecule has 1 heterocycles. The minimum absolute atomic E-state index is 0.0103. The summed E-state index contributed by atoms with van der Waals surface area (Å²) in [6.07, 6.45) is -2.70. The number of halogens is 3. The number of imidazole rings is 1. The number of alkyl halides is 3. The van der Waals surface area contributed by atoms with Gasteiger partial charge in [0.1, 0.15) is 11.9 Å². The number of carbonyl (C=O) groups excluding carboxylic acids is 1. The third-order valence-electron chi connectivity index (χ3n) is 7.95. The van der Waals surface area contributed by atoms with Crippen LogP contribution in [0.4, 0.5) is 13.2 Å². The van der Waals surface area contributed by atoms with E-state index in [0.717, 1.165) is 23.9 Å². The summed E-state index contributed by atoms with van der Waals surface area (Å²) >= 11 is 0. The highest BCUT2D eigenvalue weighted by Gasteiger charge is 2.43. The Labute approximate surface area is 225 Å². The second-order valence-corrected chi connectivity index (χ2v) is 12.9. The topological polar surface area (TPSA) is 101 Å². The van der Waals surface area contributed by atoms with Gasteiger partial charge >= 0.3 is 6.18 Å². The second kappa shape index (κ2) is 10.6. The molecule has 39 heavy (non-hydrogen) atoms. The van der Waals surface area contributed by atoms with E-state index >= 15 is 0 Å². The Morgan fingerprint density at radius 1 is 1.08 bits per heavy atom. The molecule has 1 amide bonds. The zero-order chi connectivity index (χ0) is 27.9. The van der Waals surface area contributed by atoms with Gasteiger partial charge in [-0.2, -0.15) is 13.2 Å². The van der Waals surface area contributed by atoms with E-state index in [9.17, 15) is 31.5 Å². The van der Waals surface area contributed by atoms with E-state index in [4.69, 9.17) is 0 Å². The van der Waals surface area contributed by atoms with Crippen LogP contribution < -0.4 is 5.32 Å². The molecule has 5 rings (SSSR count). The molecule has 1 aromatic heterocycles. The normalized spacial score (nSPS) is 21.2. The smallest absolute Gasteiger partial charge is 0.385 e. The first-order chi connectivity index (χ1) is 18.5. The number of sulfone groups is 1. The Balaban J connectivity index is 1.30. The molecule has 1 atom stereocenters. The predicted molar refractivity (Wildman–Crippen MR) is 140 cm³/mol. The summed E-state index contributed by atoms with van der Waals surface area (Å²) in [6.45, 7) is 1.80. The maximum absolute atomic E-state index is 13.1. The van der Waals surface area contributed by atoms with Gasteiger partial charge < -0.3 is 15.0 Å². The zero-order valence-electron chi connectivity index (χ0n) is 21.6. The Morgan fingerprint density at radius 3 is 2.33 bits per heavy atom. The van der Waals surface area contributed by atoms with Crippen LogP contribution in [0.1, 0.15) is 79.3 Å². The summed E-state index contributed by atoms with van der Waals surface area (Å²) in [7, 11) is -3.29. The Hall–Kier alpha value is -2.92. The summed E-state index contributed by atoms with van der Waals surface area (Å²) in [5, 5.41) is 14.0. The van der Waals surface area contributed by atoms with Crippen LogP contribution in [0, 0.1) is 11.8 Å². The average Bonchev–Trinajstić information content (AvgIpc) is 3.70. The van der Waals surface area contributed by atoms with Crippen LogP contribution in [0.5, 0.6) is 0 Å². The molecule has 2 saturated carbocycles. The van der Waals surface area contributed by atoms with E-state index in [0.29, 0.717) is 16.9 Å². The molecule has 2 aromatic carbocycles. The number of aliphatic hydroxyl groups excluding tert-OH is 1. The van der Waals surface area contributed by atoms with Crippen molar-refractivity contribution in [2.75, 3.05) is 5.75 Å². The second-order valence-electron chi connectivity index (χ2n) is 10.6. The highest BCUT2D eigenvalue weighted by molar-refractivity contribution is 7.91. The number of fused-ring (bicyclic) bond motifs is 1. The highest BCUT2D eigenvalue weighted by atomic mass is 32.2. The van der Waals surface area contributed by atoms with E-state index in [1.54, 1.807) is 37.3 Å². The number of benzene rings is 2. The molecule has 0 spiro atoms. The molecule has 210 valence electrons. The van der Waals surface area contributed by atoms with Crippen LogP contribution in [0.2, 0.25) is 0 Å². The summed E-state index contributed by atoms with van der Waals surface area (Å²) in [5.74, 6) is -1.45. The molecule has 11 heteroatoms. The van der Waals surface area contributed by atoms with Crippen LogP contribution in [0.15, 0.2) is 47.4 Å². The number of rotatable bonds is 8. The van der Waals surface area contributed by atoms with Gasteiger partial charge in [0, 0.05) is 18.2 Å². The van der Waals surface area contributed by atoms with Gasteiger partial charge in [0.2, 0.25) is 0 Å². The Bertz CT molecular complexity index is 1460. The first-order valence-electron chi connectivity index (χ1n) is 13.3. The monoisotopic (exact) mass is 563 g/mol. The van der Waals surface area contributed by atoms with E-state index < -0.39 is 28.0 Å². The van der Waals surface area contributed by atoms with Crippen molar-refractivity contribution < 1.29 is 31.5 Å². The number of aromatic nitrogens is 2. The first kappa shape index (κ1) is 27.6. The fraction of sp³-hybridized carbons (Fsp3) is 0.500. The molecule has 0 saturated heterocycles. The van der Waals surface area contributed by atoms with Gasteiger partial charge in [0.15, 0.2) is 9.84 Å². The van der Waals surface area contributed by atoms with Crippen LogP contribution in [-0.2, 0) is 16.4 Å². The molecular weight excluding hydrogens is 531 g/mol. The Kier molecular flexibility index (Phi) is 7.49. The lowest BCUT2D eigenvalue weighted by molar-refractivity contribution is -0.186. The summed E-state index contributed by atoms with van der Waals surface area (Å²) in [4.78, 5) is 17.8. The maximum atomic E-state index is 13.1. The molecule has 2 N–H and O–H groups in total. The first-order valence-corrected chi connectivity index (χ1v) is 15.0. The number of hydrogen-bond acceptors (Lipinski definition) is 5. The van der Waals surface area contributed by atoms with Gasteiger partial charge in [-0.05, 0) is 80.3 Å². The van der Waals surface area contributed by atoms with Crippen molar-refractivity contribution in [3.05, 3.63) is 59.4 Å². The van der Waals surface area contributed by atoms with Crippen molar-refractivity contribution in [1.29, 1.82) is 0 Å². The number of hydrogen-bond donors (Lipinski definition) is 2. The molecule has 0 aliphatic heterocycles. The molecule has 0 unspecified atom stereocenters. The zero-order valence-corrected chi connectivity index (χ0v) is 22.4. The van der Waals surface area contributed by atoms with E-state index in [1.165, 1.54) is 12.1 Å². The lowest BCUT2D eigenvalue weighted by atomic mass is 9.79. The van der Waals surface area contributed by atoms with Crippen molar-refractivity contribution in [3.63, 3.8) is 0 Å². The van der Waals surface area contributed by atoms with Crippen molar-refractivity contribution >= 4 is 26.8 Å². The molecule has 0 radical (unpaired) electrons. The van der Waals surface area contributed by atoms with Crippen LogP contribution >= 0.6 is 0 Å². The van der Waals surface area contributed by atoms with Crippen LogP contribution in [-0.4, -0.2) is 40.9 Å². The Morgan fingerprint density at radius 2 is 1.74 bits per heavy atom. The molecule has 0 bridgehead atoms. The summed E-state index contributed by atoms with van der Waals surface area (Å²) in [6, 6.07) is 11.7. The van der Waals surface area contributed by atoms with Gasteiger partial charge in [-0.15, -0.1) is 0 Å². The van der Waals surface area contributed by atoms with Gasteiger partial charge in [0.05, 0.1) is 27.6 Å². The molecule has 2 aliphatic carbocycles. The van der Waals surface area contributed by atoms with Gasteiger partial charge in [-0.25, -0.2) is 13.4 Å². The van der Waals surface area contributed by atoms with E-state index in [-0.39, 0.29) is 60.7 Å². The molecule has 2 fully saturated rings. The minimum Gasteiger partial charge on any atom is -0.385 e. The van der Waals surface area contributed by atoms with Crippen molar-refractivity contribution in [2.45, 2.75) is 75.2 Å². The molecular formula is C28H32F3N3O4S. The predicted octanol–water partition coefficient (Wildman–Crippen LogP) is 5.50. The van der Waals surface area contributed by atoms with Crippen LogP contribution in [0.25, 0.3) is 11.0 Å². The average molecular weight is 564 g/mol. The number of nitrogens with one attached hydrogen (secondary N) is 1. The summed E-state index contributed by atoms with van der Waals surface area (Å²) < 4.78 is 65.3. The van der Waals surface area contributed by atoms with Crippen molar-refractivity contribution in [1.82, 2.24) is 14.9 Å². The highest BCUT2D eigenvalue weighted by Crippen LogP contribution is 2.45. The largest absolute Gasteiger partial charge is 0.391 e. The lowest BCUT2D eigenvalue weighted by Gasteiger charge is -2.32. The van der Waals surface area contributed by atoms with E-state index in [2.05, 4.69) is 10.3 Å². The fourth-order valence-corrected chi connectivity index (χ4v) is 6.31. The molecule has 7 nitrogen and oxygen atoms in total. The van der Waals surface area contributed by atoms with Crippen molar-refractivity contribution in [3.8, 4) is 0 Å². The third kappa shape index (κ3) is 5.84. The van der Waals surface area contributed by atoms with Gasteiger partial charge in [0.25, 0.3) is 5.91 Å². The standard InChI is InChI=1S/C28H32F3N3O4S/c1-2-39(37,38)22-12-3-17(4-13-22)16-32-27(36)19-7-14-24-23(15-19)33-26(34(24)21-10-11-21)25(35)18-5-8-20(9-6-18)28(29,30)31/h3-4,7,12-15,18,20-21,25,35H,2,5-6,8-11,16H2,1H3,(H,32,36)/t18?,20?,25-/m1/s1. The number of carbonyl (C=O) groups is 1. The number of aliphatic hydroxyl groups is 1. The van der Waals surface area contributed by atoms with E-state index in [1.807, 2.05) is 4.57 Å². The lowest BCUT2D eigenvalue weighted by Crippen LogP contribution is -2.30. The van der Waals surface area contributed by atoms with Crippen molar-refractivity contribution in [2.24, 2.45) is 11.8 Å². The molecule has 3 aromatic rings. The molecule has 2 aliphatic rings. The van der Waals surface area contributed by atoms with Crippen LogP contribution in [0.3, 0.4) is 0 Å². The SMILES string of the molecule is CCS(=O)(=O)c1ccc(CNC(=O)c2ccc3c(c2)nc([C@H](O)C2CCC(C(F)(F)F)CC2)n3C2CC2)cc1. The third-order valence-corrected chi connectivity index (χ3v) is 9.70. The van der Waals surface area contributed by atoms with Gasteiger partial charge in [-0.1, -0.05) is 19.1 Å². The number of nitrogens with zero attached hydrogens (tertiary/aromatic N) is 2. The fourth-order valence-electron chi connectivity index (χ4n) is 5.42. The van der Waals surface area contributed by atoms with Gasteiger partial charge in [-0.3, -0.25) is 4.79 Å². The quantitative estimate of drug-likeness (QED) is 0.377.